The Balaban J connectivity index is 4.07. The highest BCUT2D eigenvalue weighted by Crippen LogP contribution is 2.50. The standard InChI is InChI=1S/C10H20ClO4P/c1-3-5-8-13-16(12,15-10-7-11)14-9-6-4-2/h7,10H,3-6,8-9H2,1-2H3/b10-7+. The van der Waals surface area contributed by atoms with Gasteiger partial charge >= 0.3 is 7.82 Å². The van der Waals surface area contributed by atoms with Crippen LogP contribution in [0, 0.1) is 0 Å². The lowest BCUT2D eigenvalue weighted by Crippen LogP contribution is -2.00. The van der Waals surface area contributed by atoms with E-state index in [0.29, 0.717) is 13.2 Å². The van der Waals surface area contributed by atoms with Crippen LogP contribution in [0.4, 0.5) is 0 Å². The molecule has 0 atom stereocenters. The third kappa shape index (κ3) is 8.17. The highest BCUT2D eigenvalue weighted by Gasteiger charge is 2.26. The Bertz CT molecular complexity index is 219. The molecule has 6 heteroatoms. The lowest BCUT2D eigenvalue weighted by molar-refractivity contribution is 0.140. The maximum atomic E-state index is 11.9. The average molecular weight is 271 g/mol. The molecule has 0 fully saturated rings. The largest absolute Gasteiger partial charge is 0.529 e. The summed E-state index contributed by atoms with van der Waals surface area (Å²) in [4.78, 5) is 0. The van der Waals surface area contributed by atoms with Crippen LogP contribution in [0.5, 0.6) is 0 Å². The molecule has 0 aliphatic carbocycles. The van der Waals surface area contributed by atoms with Crippen molar-refractivity contribution in [3.8, 4) is 0 Å². The van der Waals surface area contributed by atoms with Crippen LogP contribution in [-0.2, 0) is 18.1 Å². The van der Waals surface area contributed by atoms with E-state index in [-0.39, 0.29) is 0 Å². The first kappa shape index (κ1) is 16.0. The van der Waals surface area contributed by atoms with Gasteiger partial charge in [0.25, 0.3) is 0 Å². The molecule has 0 saturated heterocycles. The zero-order valence-electron chi connectivity index (χ0n) is 9.86. The van der Waals surface area contributed by atoms with Crippen molar-refractivity contribution in [1.29, 1.82) is 0 Å². The number of phosphoric acid groups is 1. The summed E-state index contributed by atoms with van der Waals surface area (Å²) in [5.41, 5.74) is 1.12. The second kappa shape index (κ2) is 10.2. The molecule has 0 aromatic heterocycles. The van der Waals surface area contributed by atoms with E-state index in [1.54, 1.807) is 0 Å². The number of unbranched alkanes of at least 4 members (excludes halogenated alkanes) is 2. The van der Waals surface area contributed by atoms with Crippen molar-refractivity contribution < 1.29 is 18.1 Å². The number of hydrogen-bond donors (Lipinski definition) is 0. The van der Waals surface area contributed by atoms with Crippen LogP contribution in [0.1, 0.15) is 39.5 Å². The molecule has 0 N–H and O–H groups in total. The second-order valence-electron chi connectivity index (χ2n) is 3.19. The summed E-state index contributed by atoms with van der Waals surface area (Å²) in [7, 11) is -3.47. The molecule has 0 radical (unpaired) electrons. The first-order valence-electron chi connectivity index (χ1n) is 5.51. The Morgan fingerprint density at radius 3 is 2.00 bits per heavy atom. The molecule has 0 amide bonds. The zero-order valence-corrected chi connectivity index (χ0v) is 11.5. The predicted octanol–water partition coefficient (Wildman–Crippen LogP) is 4.45. The van der Waals surface area contributed by atoms with E-state index < -0.39 is 7.82 Å². The minimum absolute atomic E-state index is 0.357. The van der Waals surface area contributed by atoms with Crippen molar-refractivity contribution in [1.82, 2.24) is 0 Å². The zero-order chi connectivity index (χ0) is 12.3. The Kier molecular flexibility index (Phi) is 10.1. The molecule has 16 heavy (non-hydrogen) atoms. The lowest BCUT2D eigenvalue weighted by atomic mass is 10.4. The third-order valence-corrected chi connectivity index (χ3v) is 3.22. The number of halogens is 1. The molecule has 0 aromatic rings. The summed E-state index contributed by atoms with van der Waals surface area (Å²) >= 11 is 5.29. The Labute approximate surface area is 103 Å². The summed E-state index contributed by atoms with van der Waals surface area (Å²) in [6.07, 6.45) is 4.66. The van der Waals surface area contributed by atoms with E-state index in [2.05, 4.69) is 0 Å². The van der Waals surface area contributed by atoms with Gasteiger partial charge in [0.15, 0.2) is 0 Å². The number of phosphoric ester groups is 1. The highest BCUT2D eigenvalue weighted by atomic mass is 35.5. The van der Waals surface area contributed by atoms with Gasteiger partial charge in [-0.2, -0.15) is 0 Å². The van der Waals surface area contributed by atoms with Gasteiger partial charge < -0.3 is 4.52 Å². The van der Waals surface area contributed by atoms with Crippen LogP contribution in [0.3, 0.4) is 0 Å². The number of hydrogen-bond acceptors (Lipinski definition) is 4. The summed E-state index contributed by atoms with van der Waals surface area (Å²) in [6, 6.07) is 0. The third-order valence-electron chi connectivity index (χ3n) is 1.74. The molecule has 4 nitrogen and oxygen atoms in total. The van der Waals surface area contributed by atoms with Gasteiger partial charge in [0.05, 0.1) is 13.2 Å². The Hall–Kier alpha value is -0.0200. The van der Waals surface area contributed by atoms with Gasteiger partial charge in [-0.3, -0.25) is 9.05 Å². The predicted molar refractivity (Wildman–Crippen MR) is 65.4 cm³/mol. The van der Waals surface area contributed by atoms with Gasteiger partial charge in [-0.25, -0.2) is 4.57 Å². The van der Waals surface area contributed by atoms with Crippen LogP contribution in [0.25, 0.3) is 0 Å². The monoisotopic (exact) mass is 270 g/mol. The fourth-order valence-corrected chi connectivity index (χ4v) is 2.07. The lowest BCUT2D eigenvalue weighted by Gasteiger charge is -2.15. The molecule has 0 aliphatic rings. The van der Waals surface area contributed by atoms with Crippen molar-refractivity contribution >= 4 is 19.4 Å². The molecular formula is C10H20ClO4P. The molecule has 0 aromatic carbocycles. The fraction of sp³-hybridized carbons (Fsp3) is 0.800. The van der Waals surface area contributed by atoms with E-state index in [4.69, 9.17) is 25.2 Å². The molecule has 0 saturated carbocycles. The Morgan fingerprint density at radius 1 is 1.12 bits per heavy atom. The molecular weight excluding hydrogens is 251 g/mol. The van der Waals surface area contributed by atoms with Gasteiger partial charge in [0.1, 0.15) is 6.26 Å². The first-order valence-corrected chi connectivity index (χ1v) is 7.41. The van der Waals surface area contributed by atoms with Gasteiger partial charge in [-0.15, -0.1) is 0 Å². The summed E-state index contributed by atoms with van der Waals surface area (Å²) in [5, 5.41) is 0. The topological polar surface area (TPSA) is 44.8 Å². The first-order chi connectivity index (χ1) is 7.68. The van der Waals surface area contributed by atoms with Crippen LogP contribution >= 0.6 is 19.4 Å². The minimum Gasteiger partial charge on any atom is -0.411 e. The van der Waals surface area contributed by atoms with Crippen LogP contribution in [0.15, 0.2) is 11.8 Å². The van der Waals surface area contributed by atoms with Gasteiger partial charge in [0.2, 0.25) is 0 Å². The van der Waals surface area contributed by atoms with Gasteiger partial charge in [-0.1, -0.05) is 38.3 Å². The quantitative estimate of drug-likeness (QED) is 0.334. The molecule has 0 heterocycles. The highest BCUT2D eigenvalue weighted by molar-refractivity contribution is 7.48. The normalized spacial score (nSPS) is 12.2. The van der Waals surface area contributed by atoms with Crippen molar-refractivity contribution in [2.45, 2.75) is 39.5 Å². The van der Waals surface area contributed by atoms with E-state index >= 15 is 0 Å². The fourth-order valence-electron chi connectivity index (χ4n) is 0.837. The summed E-state index contributed by atoms with van der Waals surface area (Å²) < 4.78 is 27.1. The summed E-state index contributed by atoms with van der Waals surface area (Å²) in [5.74, 6) is 0. The minimum atomic E-state index is -3.47. The van der Waals surface area contributed by atoms with E-state index in [9.17, 15) is 4.57 Å². The SMILES string of the molecule is CCCCOP(=O)(O/C=C/Cl)OCCCC. The molecule has 0 bridgehead atoms. The Morgan fingerprint density at radius 2 is 1.62 bits per heavy atom. The molecule has 96 valence electrons. The van der Waals surface area contributed by atoms with Crippen molar-refractivity contribution in [2.75, 3.05) is 13.2 Å². The van der Waals surface area contributed by atoms with Crippen LogP contribution < -0.4 is 0 Å². The van der Waals surface area contributed by atoms with Crippen LogP contribution in [-0.4, -0.2) is 13.2 Å². The van der Waals surface area contributed by atoms with Gasteiger partial charge in [0, 0.05) is 5.54 Å². The molecule has 0 unspecified atom stereocenters. The van der Waals surface area contributed by atoms with Crippen molar-refractivity contribution in [3.63, 3.8) is 0 Å². The molecule has 0 rings (SSSR count). The molecule has 0 spiro atoms. The number of rotatable bonds is 10. The van der Waals surface area contributed by atoms with E-state index in [1.807, 2.05) is 13.8 Å². The van der Waals surface area contributed by atoms with E-state index in [1.165, 1.54) is 0 Å². The van der Waals surface area contributed by atoms with Crippen LogP contribution in [0.2, 0.25) is 0 Å². The smallest absolute Gasteiger partial charge is 0.411 e. The van der Waals surface area contributed by atoms with E-state index in [0.717, 1.165) is 37.5 Å². The summed E-state index contributed by atoms with van der Waals surface area (Å²) in [6.45, 7) is 4.75. The second-order valence-corrected chi connectivity index (χ2v) is 5.06. The molecule has 0 aliphatic heterocycles. The maximum Gasteiger partial charge on any atom is 0.529 e. The van der Waals surface area contributed by atoms with Crippen molar-refractivity contribution in [2.24, 2.45) is 0 Å². The maximum absolute atomic E-state index is 11.9. The average Bonchev–Trinajstić information content (AvgIpc) is 2.27. The van der Waals surface area contributed by atoms with Crippen molar-refractivity contribution in [3.05, 3.63) is 11.8 Å². The van der Waals surface area contributed by atoms with Gasteiger partial charge in [-0.05, 0) is 12.8 Å².